The van der Waals surface area contributed by atoms with Crippen LogP contribution in [0.4, 0.5) is 0 Å². The van der Waals surface area contributed by atoms with Crippen LogP contribution in [0.3, 0.4) is 0 Å². The van der Waals surface area contributed by atoms with Gasteiger partial charge in [-0.2, -0.15) is 0 Å². The first-order valence-electron chi connectivity index (χ1n) is 10.2. The third-order valence-electron chi connectivity index (χ3n) is 5.96. The zero-order valence-electron chi connectivity index (χ0n) is 16.5. The molecule has 148 valence electrons. The van der Waals surface area contributed by atoms with Crippen LogP contribution in [-0.2, 0) is 0 Å². The van der Waals surface area contributed by atoms with E-state index in [1.807, 2.05) is 71.6 Å². The van der Waals surface area contributed by atoms with E-state index in [1.165, 1.54) is 0 Å². The lowest BCUT2D eigenvalue weighted by atomic mass is 9.86. The number of hydrogen-bond donors (Lipinski definition) is 1. The number of likely N-dealkylation sites (tertiary alicyclic amines) is 1. The molecule has 0 atom stereocenters. The molecule has 0 radical (unpaired) electrons. The van der Waals surface area contributed by atoms with E-state index in [2.05, 4.69) is 0 Å². The second-order valence-electron chi connectivity index (χ2n) is 7.72. The summed E-state index contributed by atoms with van der Waals surface area (Å²) in [6.45, 7) is 1.48. The highest BCUT2D eigenvalue weighted by atomic mass is 16.4. The minimum absolute atomic E-state index is 0.0301. The van der Waals surface area contributed by atoms with Crippen molar-refractivity contribution in [1.82, 2.24) is 4.90 Å². The molecule has 1 N–H and O–H groups in total. The summed E-state index contributed by atoms with van der Waals surface area (Å²) in [5, 5.41) is 13.7. The van der Waals surface area contributed by atoms with Crippen LogP contribution in [0.1, 0.15) is 33.6 Å². The van der Waals surface area contributed by atoms with Crippen molar-refractivity contribution in [1.29, 1.82) is 0 Å². The van der Waals surface area contributed by atoms with Gasteiger partial charge < -0.3 is 10.0 Å². The second-order valence-corrected chi connectivity index (χ2v) is 7.72. The van der Waals surface area contributed by atoms with Gasteiger partial charge in [-0.15, -0.1) is 0 Å². The summed E-state index contributed by atoms with van der Waals surface area (Å²) >= 11 is 0. The first kappa shape index (κ1) is 18.4. The fraction of sp³-hybridized carbons (Fsp3) is 0.154. The van der Waals surface area contributed by atoms with Gasteiger partial charge in [0.1, 0.15) is 0 Å². The summed E-state index contributed by atoms with van der Waals surface area (Å²) < 4.78 is 0. The molecule has 0 aromatic heterocycles. The van der Waals surface area contributed by atoms with E-state index in [0.29, 0.717) is 16.7 Å². The van der Waals surface area contributed by atoms with Crippen LogP contribution in [-0.4, -0.2) is 35.0 Å². The van der Waals surface area contributed by atoms with E-state index >= 15 is 0 Å². The van der Waals surface area contributed by atoms with Gasteiger partial charge >= 0.3 is 5.97 Å². The molecule has 0 spiro atoms. The summed E-state index contributed by atoms with van der Waals surface area (Å²) in [6.07, 6.45) is 2.01. The van der Waals surface area contributed by atoms with Crippen molar-refractivity contribution in [2.24, 2.45) is 0 Å². The topological polar surface area (TPSA) is 57.6 Å². The van der Waals surface area contributed by atoms with Crippen LogP contribution < -0.4 is 0 Å². The minimum atomic E-state index is -0.997. The van der Waals surface area contributed by atoms with Crippen LogP contribution in [0.2, 0.25) is 0 Å². The van der Waals surface area contributed by atoms with Crippen molar-refractivity contribution in [2.75, 3.05) is 13.1 Å². The predicted octanol–water partition coefficient (Wildman–Crippen LogP) is 5.59. The molecular weight excluding hydrogens is 374 g/mol. The predicted molar refractivity (Wildman–Crippen MR) is 119 cm³/mol. The zero-order chi connectivity index (χ0) is 20.7. The molecule has 1 heterocycles. The molecule has 0 saturated carbocycles. The normalized spacial score (nSPS) is 13.8. The number of benzene rings is 4. The lowest BCUT2D eigenvalue weighted by molar-refractivity contribution is 0.0696. The van der Waals surface area contributed by atoms with E-state index in [4.69, 9.17) is 0 Å². The van der Waals surface area contributed by atoms with E-state index in [0.717, 1.165) is 47.5 Å². The summed E-state index contributed by atoms with van der Waals surface area (Å²) in [5.74, 6) is -1.03. The fourth-order valence-electron chi connectivity index (χ4n) is 4.53. The van der Waals surface area contributed by atoms with Crippen molar-refractivity contribution in [3.05, 3.63) is 83.9 Å². The van der Waals surface area contributed by atoms with Gasteiger partial charge in [-0.25, -0.2) is 4.79 Å². The Bertz CT molecular complexity index is 1300. The molecular formula is C26H21NO3. The Kier molecular flexibility index (Phi) is 4.47. The van der Waals surface area contributed by atoms with E-state index in [-0.39, 0.29) is 11.5 Å². The number of carboxylic acids is 1. The average molecular weight is 395 g/mol. The van der Waals surface area contributed by atoms with Crippen molar-refractivity contribution in [2.45, 2.75) is 12.8 Å². The van der Waals surface area contributed by atoms with Crippen molar-refractivity contribution >= 4 is 33.4 Å². The molecule has 5 rings (SSSR count). The van der Waals surface area contributed by atoms with Crippen molar-refractivity contribution in [3.8, 4) is 11.1 Å². The van der Waals surface area contributed by atoms with E-state index in [9.17, 15) is 14.7 Å². The number of rotatable bonds is 3. The molecule has 4 heteroatoms. The molecule has 0 unspecified atom stereocenters. The molecule has 30 heavy (non-hydrogen) atoms. The third-order valence-corrected chi connectivity index (χ3v) is 5.96. The molecule has 1 aliphatic heterocycles. The molecule has 1 saturated heterocycles. The summed E-state index contributed by atoms with van der Waals surface area (Å²) in [4.78, 5) is 27.6. The van der Waals surface area contributed by atoms with Gasteiger partial charge in [-0.1, -0.05) is 60.7 Å². The largest absolute Gasteiger partial charge is 0.478 e. The van der Waals surface area contributed by atoms with Crippen LogP contribution in [0.5, 0.6) is 0 Å². The first-order chi connectivity index (χ1) is 14.6. The van der Waals surface area contributed by atoms with E-state index < -0.39 is 5.97 Å². The van der Waals surface area contributed by atoms with Crippen LogP contribution in [0.25, 0.3) is 32.7 Å². The quantitative estimate of drug-likeness (QED) is 0.492. The first-order valence-corrected chi connectivity index (χ1v) is 10.2. The van der Waals surface area contributed by atoms with Crippen molar-refractivity contribution in [3.63, 3.8) is 0 Å². The zero-order valence-corrected chi connectivity index (χ0v) is 16.5. The number of carbonyl (C=O) groups excluding carboxylic acids is 1. The van der Waals surface area contributed by atoms with Gasteiger partial charge in [0, 0.05) is 29.8 Å². The van der Waals surface area contributed by atoms with Gasteiger partial charge in [-0.05, 0) is 46.5 Å². The maximum atomic E-state index is 13.5. The Morgan fingerprint density at radius 3 is 1.73 bits per heavy atom. The Balaban J connectivity index is 1.91. The van der Waals surface area contributed by atoms with Crippen molar-refractivity contribution < 1.29 is 14.7 Å². The van der Waals surface area contributed by atoms with Crippen LogP contribution >= 0.6 is 0 Å². The molecule has 1 aliphatic rings. The number of amides is 1. The molecule has 4 aromatic rings. The maximum Gasteiger partial charge on any atom is 0.336 e. The van der Waals surface area contributed by atoms with Gasteiger partial charge in [0.25, 0.3) is 5.91 Å². The lowest BCUT2D eigenvalue weighted by Crippen LogP contribution is -2.28. The molecule has 0 aliphatic carbocycles. The Morgan fingerprint density at radius 1 is 0.667 bits per heavy atom. The number of nitrogens with zero attached hydrogens (tertiary/aromatic N) is 1. The number of carbonyl (C=O) groups is 2. The molecule has 1 fully saturated rings. The van der Waals surface area contributed by atoms with Crippen LogP contribution in [0.15, 0.2) is 72.8 Å². The van der Waals surface area contributed by atoms with Gasteiger partial charge in [0.05, 0.1) is 5.56 Å². The van der Waals surface area contributed by atoms with Gasteiger partial charge in [-0.3, -0.25) is 4.79 Å². The highest BCUT2D eigenvalue weighted by Crippen LogP contribution is 2.39. The lowest BCUT2D eigenvalue weighted by Gasteiger charge is -2.21. The minimum Gasteiger partial charge on any atom is -0.478 e. The van der Waals surface area contributed by atoms with Crippen LogP contribution in [0, 0.1) is 0 Å². The molecule has 4 aromatic carbocycles. The van der Waals surface area contributed by atoms with Gasteiger partial charge in [0.2, 0.25) is 0 Å². The molecule has 4 nitrogen and oxygen atoms in total. The summed E-state index contributed by atoms with van der Waals surface area (Å²) in [7, 11) is 0. The number of fused-ring (bicyclic) bond motifs is 2. The average Bonchev–Trinajstić information content (AvgIpc) is 3.32. The second kappa shape index (κ2) is 7.30. The monoisotopic (exact) mass is 395 g/mol. The highest BCUT2D eigenvalue weighted by molar-refractivity contribution is 6.18. The number of aromatic carboxylic acids is 1. The molecule has 1 amide bonds. The Labute approximate surface area is 174 Å². The van der Waals surface area contributed by atoms with E-state index in [1.54, 1.807) is 6.07 Å². The summed E-state index contributed by atoms with van der Waals surface area (Å²) in [5.41, 5.74) is 2.09. The standard InChI is InChI=1S/C26H21NO3/c28-25(27-15-5-6-16-27)21-13-11-17-7-1-3-9-19(17)23(21)24-20-10-4-2-8-18(20)12-14-22(24)26(29)30/h1-4,7-14H,5-6,15-16H2,(H,29,30). The fourth-order valence-corrected chi connectivity index (χ4v) is 4.53. The number of hydrogen-bond acceptors (Lipinski definition) is 2. The Morgan fingerprint density at radius 2 is 1.17 bits per heavy atom. The Hall–Kier alpha value is -3.66. The third kappa shape index (κ3) is 2.92. The van der Waals surface area contributed by atoms with Gasteiger partial charge in [0.15, 0.2) is 0 Å². The summed E-state index contributed by atoms with van der Waals surface area (Å²) in [6, 6.07) is 22.9. The SMILES string of the molecule is O=C(O)c1ccc2ccccc2c1-c1c(C(=O)N2CCCC2)ccc2ccccc12. The maximum absolute atomic E-state index is 13.5. The number of carboxylic acid groups (broad SMARTS) is 1. The highest BCUT2D eigenvalue weighted by Gasteiger charge is 2.26. The smallest absolute Gasteiger partial charge is 0.336 e. The molecule has 0 bridgehead atoms.